The zero-order valence-corrected chi connectivity index (χ0v) is 8.58. The smallest absolute Gasteiger partial charge is 0.204 e. The van der Waals surface area contributed by atoms with Crippen molar-refractivity contribution in [1.29, 1.82) is 0 Å². The molecule has 0 aliphatic rings. The number of hydrogen-bond donors (Lipinski definition) is 1. The molecule has 5 heteroatoms. The Labute approximate surface area is 91.0 Å². The second-order valence-electron chi connectivity index (χ2n) is 3.55. The van der Waals surface area contributed by atoms with Crippen LogP contribution in [0.3, 0.4) is 0 Å². The fourth-order valence-electron chi connectivity index (χ4n) is 1.60. The van der Waals surface area contributed by atoms with Gasteiger partial charge in [0.15, 0.2) is 11.4 Å². The quantitative estimate of drug-likeness (QED) is 0.674. The van der Waals surface area contributed by atoms with Gasteiger partial charge >= 0.3 is 0 Å². The van der Waals surface area contributed by atoms with Crippen LogP contribution in [0.15, 0.2) is 34.9 Å². The Balaban J connectivity index is 2.27. The van der Waals surface area contributed by atoms with E-state index in [2.05, 4.69) is 10.2 Å². The van der Waals surface area contributed by atoms with Crippen LogP contribution in [-0.4, -0.2) is 19.7 Å². The van der Waals surface area contributed by atoms with Crippen molar-refractivity contribution in [2.75, 3.05) is 0 Å². The lowest BCUT2D eigenvalue weighted by molar-refractivity contribution is 0.472. The molecule has 0 atom stereocenters. The van der Waals surface area contributed by atoms with Crippen LogP contribution in [0.1, 0.15) is 5.76 Å². The first-order valence-electron chi connectivity index (χ1n) is 4.84. The van der Waals surface area contributed by atoms with Crippen molar-refractivity contribution >= 4 is 5.65 Å². The third kappa shape index (κ3) is 1.25. The van der Waals surface area contributed by atoms with Gasteiger partial charge < -0.3 is 9.52 Å². The van der Waals surface area contributed by atoms with Crippen LogP contribution in [0.2, 0.25) is 0 Å². The highest BCUT2D eigenvalue weighted by atomic mass is 16.3. The SMILES string of the molecule is Cc1ccc(-c2nnc3ccc(O)cn23)o1. The van der Waals surface area contributed by atoms with E-state index in [1.807, 2.05) is 19.1 Å². The maximum atomic E-state index is 9.42. The van der Waals surface area contributed by atoms with E-state index >= 15 is 0 Å². The van der Waals surface area contributed by atoms with E-state index in [4.69, 9.17) is 4.42 Å². The van der Waals surface area contributed by atoms with Crippen molar-refractivity contribution in [2.45, 2.75) is 6.92 Å². The van der Waals surface area contributed by atoms with Crippen LogP contribution >= 0.6 is 0 Å². The van der Waals surface area contributed by atoms with Crippen molar-refractivity contribution in [3.8, 4) is 17.3 Å². The third-order valence-electron chi connectivity index (χ3n) is 2.35. The molecule has 3 aromatic heterocycles. The van der Waals surface area contributed by atoms with Gasteiger partial charge in [0, 0.05) is 0 Å². The first kappa shape index (κ1) is 8.96. The van der Waals surface area contributed by atoms with E-state index in [0.29, 0.717) is 17.2 Å². The fraction of sp³-hybridized carbons (Fsp3) is 0.0909. The summed E-state index contributed by atoms with van der Waals surface area (Å²) in [6.07, 6.45) is 1.56. The van der Waals surface area contributed by atoms with Crippen molar-refractivity contribution in [3.63, 3.8) is 0 Å². The maximum absolute atomic E-state index is 9.42. The van der Waals surface area contributed by atoms with E-state index in [0.717, 1.165) is 5.76 Å². The molecular weight excluding hydrogens is 206 g/mol. The number of hydrogen-bond acceptors (Lipinski definition) is 4. The minimum absolute atomic E-state index is 0.164. The number of aromatic hydroxyl groups is 1. The molecule has 0 unspecified atom stereocenters. The molecule has 3 heterocycles. The van der Waals surface area contributed by atoms with Crippen molar-refractivity contribution in [1.82, 2.24) is 14.6 Å². The summed E-state index contributed by atoms with van der Waals surface area (Å²) in [6, 6.07) is 6.96. The standard InChI is InChI=1S/C11H9N3O2/c1-7-2-4-9(16-7)11-13-12-10-5-3-8(15)6-14(10)11/h2-6,15H,1H3. The molecule has 0 fully saturated rings. The highest BCUT2D eigenvalue weighted by molar-refractivity contribution is 5.54. The number of pyridine rings is 1. The van der Waals surface area contributed by atoms with Crippen LogP contribution < -0.4 is 0 Å². The lowest BCUT2D eigenvalue weighted by Crippen LogP contribution is -1.87. The summed E-state index contributed by atoms with van der Waals surface area (Å²) in [7, 11) is 0. The topological polar surface area (TPSA) is 63.6 Å². The van der Waals surface area contributed by atoms with Crippen molar-refractivity contribution in [2.24, 2.45) is 0 Å². The van der Waals surface area contributed by atoms with E-state index < -0.39 is 0 Å². The number of fused-ring (bicyclic) bond motifs is 1. The molecule has 0 radical (unpaired) electrons. The monoisotopic (exact) mass is 215 g/mol. The minimum Gasteiger partial charge on any atom is -0.506 e. The van der Waals surface area contributed by atoms with Gasteiger partial charge in [-0.15, -0.1) is 10.2 Å². The van der Waals surface area contributed by atoms with Gasteiger partial charge in [0.2, 0.25) is 5.82 Å². The predicted octanol–water partition coefficient (Wildman–Crippen LogP) is 2.00. The molecule has 5 nitrogen and oxygen atoms in total. The Morgan fingerprint density at radius 3 is 2.81 bits per heavy atom. The van der Waals surface area contributed by atoms with Gasteiger partial charge in [-0.25, -0.2) is 0 Å². The lowest BCUT2D eigenvalue weighted by Gasteiger charge is -1.97. The summed E-state index contributed by atoms with van der Waals surface area (Å²) in [6.45, 7) is 1.87. The molecule has 3 aromatic rings. The average molecular weight is 215 g/mol. The highest BCUT2D eigenvalue weighted by Crippen LogP contribution is 2.22. The Hall–Kier alpha value is -2.30. The van der Waals surface area contributed by atoms with Gasteiger partial charge in [0.25, 0.3) is 0 Å². The highest BCUT2D eigenvalue weighted by Gasteiger charge is 2.11. The molecule has 0 saturated heterocycles. The van der Waals surface area contributed by atoms with Gasteiger partial charge in [-0.1, -0.05) is 0 Å². The zero-order valence-electron chi connectivity index (χ0n) is 8.58. The van der Waals surface area contributed by atoms with Gasteiger partial charge in [0.1, 0.15) is 11.5 Å². The second kappa shape index (κ2) is 3.10. The number of aromatic nitrogens is 3. The number of aryl methyl sites for hydroxylation is 1. The molecule has 16 heavy (non-hydrogen) atoms. The maximum Gasteiger partial charge on any atom is 0.204 e. The molecule has 0 saturated carbocycles. The normalized spacial score (nSPS) is 11.1. The number of rotatable bonds is 1. The Morgan fingerprint density at radius 2 is 2.06 bits per heavy atom. The summed E-state index contributed by atoms with van der Waals surface area (Å²) in [5.74, 6) is 2.19. The first-order chi connectivity index (χ1) is 7.74. The van der Waals surface area contributed by atoms with Crippen LogP contribution in [0, 0.1) is 6.92 Å². The minimum atomic E-state index is 0.164. The van der Waals surface area contributed by atoms with E-state index in [1.54, 1.807) is 22.7 Å². The Kier molecular flexibility index (Phi) is 1.73. The summed E-state index contributed by atoms with van der Waals surface area (Å²) in [4.78, 5) is 0. The summed E-state index contributed by atoms with van der Waals surface area (Å²) in [5, 5.41) is 17.4. The third-order valence-corrected chi connectivity index (χ3v) is 2.35. The molecule has 0 aliphatic carbocycles. The summed E-state index contributed by atoms with van der Waals surface area (Å²) in [5.41, 5.74) is 0.668. The lowest BCUT2D eigenvalue weighted by atomic mass is 10.4. The average Bonchev–Trinajstić information content (AvgIpc) is 2.83. The molecule has 0 spiro atoms. The van der Waals surface area contributed by atoms with E-state index in [9.17, 15) is 5.11 Å². The van der Waals surface area contributed by atoms with Crippen LogP contribution in [-0.2, 0) is 0 Å². The zero-order chi connectivity index (χ0) is 11.1. The Bertz CT molecular complexity index is 654. The fourth-order valence-corrected chi connectivity index (χ4v) is 1.60. The number of furan rings is 1. The van der Waals surface area contributed by atoms with Gasteiger partial charge in [0.05, 0.1) is 6.20 Å². The van der Waals surface area contributed by atoms with E-state index in [-0.39, 0.29) is 5.75 Å². The van der Waals surface area contributed by atoms with Gasteiger partial charge in [-0.05, 0) is 31.2 Å². The molecule has 1 N–H and O–H groups in total. The van der Waals surface area contributed by atoms with Gasteiger partial charge in [-0.2, -0.15) is 0 Å². The molecule has 0 bridgehead atoms. The second-order valence-corrected chi connectivity index (χ2v) is 3.55. The molecular formula is C11H9N3O2. The Morgan fingerprint density at radius 1 is 1.19 bits per heavy atom. The van der Waals surface area contributed by atoms with Crippen molar-refractivity contribution in [3.05, 3.63) is 36.2 Å². The van der Waals surface area contributed by atoms with Crippen LogP contribution in [0.5, 0.6) is 5.75 Å². The first-order valence-corrected chi connectivity index (χ1v) is 4.84. The molecule has 0 aromatic carbocycles. The predicted molar refractivity (Wildman–Crippen MR) is 57.1 cm³/mol. The largest absolute Gasteiger partial charge is 0.506 e. The molecule has 0 aliphatic heterocycles. The van der Waals surface area contributed by atoms with Gasteiger partial charge in [-0.3, -0.25) is 4.40 Å². The molecule has 3 rings (SSSR count). The summed E-state index contributed by atoms with van der Waals surface area (Å²) < 4.78 is 7.16. The van der Waals surface area contributed by atoms with Crippen LogP contribution in [0.4, 0.5) is 0 Å². The molecule has 0 amide bonds. The number of nitrogens with zero attached hydrogens (tertiary/aromatic N) is 3. The molecule has 80 valence electrons. The van der Waals surface area contributed by atoms with Crippen LogP contribution in [0.25, 0.3) is 17.2 Å². The van der Waals surface area contributed by atoms with Crippen molar-refractivity contribution < 1.29 is 9.52 Å². The van der Waals surface area contributed by atoms with E-state index in [1.165, 1.54) is 0 Å². The summed E-state index contributed by atoms with van der Waals surface area (Å²) >= 11 is 0.